The summed E-state index contributed by atoms with van der Waals surface area (Å²) in [4.78, 5) is 57.2. The number of sulfonamides is 2. The molecule has 6 aromatic carbocycles. The molecule has 0 saturated carbocycles. The number of hydrogen-bond acceptors (Lipinski definition) is 10. The summed E-state index contributed by atoms with van der Waals surface area (Å²) in [6.45, 7) is 7.86. The summed E-state index contributed by atoms with van der Waals surface area (Å²) in [6.07, 6.45) is 0. The van der Waals surface area contributed by atoms with Gasteiger partial charge in [-0.3, -0.25) is 19.6 Å². The number of benzene rings is 6. The second kappa shape index (κ2) is 20.8. The van der Waals surface area contributed by atoms with Gasteiger partial charge in [0.15, 0.2) is 0 Å². The summed E-state index contributed by atoms with van der Waals surface area (Å²) in [5.41, 5.74) is 3.18. The van der Waals surface area contributed by atoms with Gasteiger partial charge >= 0.3 is 18.5 Å². The molecule has 3 heterocycles. The molecule has 23 heteroatoms. The predicted octanol–water partition coefficient (Wildman–Crippen LogP) is 7.03. The first-order valence-corrected chi connectivity index (χ1v) is 24.8. The maximum absolute atomic E-state index is 12.4. The molecular weight excluding hydrogens is 1260 g/mol. The minimum Gasteiger partial charge on any atom is -0.399 e. The number of aromatic nitrogens is 4. The first-order chi connectivity index (χ1) is 31.8. The summed E-state index contributed by atoms with van der Waals surface area (Å²) in [5, 5.41) is 12.2. The molecule has 0 radical (unpaired) electrons. The van der Waals surface area contributed by atoms with Crippen LogP contribution in [0.25, 0.3) is 55.2 Å². The SMILES string of the molecule is CC1(C)OB(c2ccc(S(N)(=O)=O)cc2)OC1(C)C.NS(=O)(=O)c1ccc(-c2cc(-c3ccc(Cl)cc3)cc3c(=O)[nH]c(=O)[nH]c23)cc1.O=c1[nH]c(=O)c2cc(-c3ccc(Cl)cc3)cc(Br)c2[nH]1.[2HH].[U]. The van der Waals surface area contributed by atoms with Crippen LogP contribution in [-0.4, -0.2) is 55.1 Å². The van der Waals surface area contributed by atoms with Gasteiger partial charge in [0.1, 0.15) is 0 Å². The Balaban J connectivity index is 0.000000199. The van der Waals surface area contributed by atoms with Crippen molar-refractivity contribution in [3.63, 3.8) is 0 Å². The molecule has 0 unspecified atom stereocenters. The van der Waals surface area contributed by atoms with E-state index >= 15 is 0 Å². The zero-order valence-electron chi connectivity index (χ0n) is 36.8. The Morgan fingerprint density at radius 2 is 0.913 bits per heavy atom. The molecule has 0 amide bonds. The molecule has 1 aliphatic heterocycles. The van der Waals surface area contributed by atoms with E-state index in [0.717, 1.165) is 27.7 Å². The number of hydrogen-bond donors (Lipinski definition) is 6. The van der Waals surface area contributed by atoms with E-state index < -0.39 is 60.9 Å². The third-order valence-electron chi connectivity index (χ3n) is 11.2. The first-order valence-electron chi connectivity index (χ1n) is 20.2. The Morgan fingerprint density at radius 1 is 0.536 bits per heavy atom. The first kappa shape index (κ1) is 53.5. The maximum Gasteiger partial charge on any atom is 0.494 e. The van der Waals surface area contributed by atoms with Crippen molar-refractivity contribution < 1.29 is 58.7 Å². The molecule has 8 aromatic rings. The van der Waals surface area contributed by atoms with Gasteiger partial charge in [-0.25, -0.2) is 36.7 Å². The number of halogens is 3. The number of nitrogens with two attached hydrogens (primary N) is 2. The fourth-order valence-corrected chi connectivity index (χ4v) is 8.80. The van der Waals surface area contributed by atoms with Gasteiger partial charge < -0.3 is 19.3 Å². The summed E-state index contributed by atoms with van der Waals surface area (Å²) in [6, 6.07) is 33.6. The normalized spacial score (nSPS) is 14.0. The van der Waals surface area contributed by atoms with Crippen LogP contribution in [0.15, 0.2) is 155 Å². The van der Waals surface area contributed by atoms with E-state index in [1.807, 2.05) is 64.1 Å². The second-order valence-electron chi connectivity index (χ2n) is 16.4. The van der Waals surface area contributed by atoms with Gasteiger partial charge in [0.2, 0.25) is 20.0 Å². The fraction of sp³-hybridized carbons (Fsp3) is 0.130. The van der Waals surface area contributed by atoms with Crippen LogP contribution in [0.5, 0.6) is 0 Å². The molecule has 1 aliphatic rings. The minimum atomic E-state index is -3.84. The summed E-state index contributed by atoms with van der Waals surface area (Å²) in [5.74, 6) is 0. The Morgan fingerprint density at radius 3 is 1.35 bits per heavy atom. The van der Waals surface area contributed by atoms with Gasteiger partial charge in [-0.1, -0.05) is 71.7 Å². The zero-order valence-corrected chi connectivity index (χ0v) is 45.7. The molecule has 69 heavy (non-hydrogen) atoms. The van der Waals surface area contributed by atoms with E-state index in [0.29, 0.717) is 47.5 Å². The zero-order chi connectivity index (χ0) is 49.5. The van der Waals surface area contributed by atoms with Crippen molar-refractivity contribution in [1.29, 1.82) is 0 Å². The van der Waals surface area contributed by atoms with Crippen LogP contribution in [0.3, 0.4) is 0 Å². The molecule has 0 aliphatic carbocycles. The molecule has 0 atom stereocenters. The van der Waals surface area contributed by atoms with E-state index in [9.17, 15) is 36.0 Å². The summed E-state index contributed by atoms with van der Waals surface area (Å²) in [7, 11) is -8.01. The number of fused-ring (bicyclic) bond motifs is 2. The molecule has 16 nitrogen and oxygen atoms in total. The van der Waals surface area contributed by atoms with E-state index in [4.69, 9.17) is 42.8 Å². The number of H-pyrrole nitrogens is 4. The molecule has 356 valence electrons. The molecule has 9 rings (SSSR count). The third kappa shape index (κ3) is 12.4. The predicted molar refractivity (Wildman–Crippen MR) is 271 cm³/mol. The minimum absolute atomic E-state index is 0. The van der Waals surface area contributed by atoms with Crippen LogP contribution in [0, 0.1) is 31.1 Å². The summed E-state index contributed by atoms with van der Waals surface area (Å²) < 4.78 is 57.8. The van der Waals surface area contributed by atoms with Gasteiger partial charge in [0.05, 0.1) is 42.8 Å². The largest absolute Gasteiger partial charge is 0.494 e. The Hall–Kier alpha value is -4.88. The van der Waals surface area contributed by atoms with Crippen LogP contribution >= 0.6 is 39.1 Å². The van der Waals surface area contributed by atoms with Crippen molar-refractivity contribution in [2.45, 2.75) is 48.7 Å². The Labute approximate surface area is 438 Å². The van der Waals surface area contributed by atoms with Crippen LogP contribution < -0.4 is 38.2 Å². The van der Waals surface area contributed by atoms with Gasteiger partial charge in [0, 0.05) is 52.6 Å². The van der Waals surface area contributed by atoms with E-state index in [1.54, 1.807) is 60.7 Å². The quantitative estimate of drug-likeness (QED) is 0.0926. The van der Waals surface area contributed by atoms with Crippen LogP contribution in [0.4, 0.5) is 0 Å². The van der Waals surface area contributed by atoms with Gasteiger partial charge in [-0.05, 0) is 150 Å². The fourth-order valence-electron chi connectivity index (χ4n) is 6.96. The smallest absolute Gasteiger partial charge is 0.399 e. The molecule has 0 bridgehead atoms. The van der Waals surface area contributed by atoms with Crippen LogP contribution in [0.2, 0.25) is 10.0 Å². The molecule has 8 N–H and O–H groups in total. The monoisotopic (exact) mass is 1300 g/mol. The van der Waals surface area contributed by atoms with Crippen molar-refractivity contribution in [2.75, 3.05) is 0 Å². The van der Waals surface area contributed by atoms with Crippen molar-refractivity contribution in [1.82, 2.24) is 19.9 Å². The van der Waals surface area contributed by atoms with Crippen LogP contribution in [-0.2, 0) is 29.4 Å². The molecular formula is C46H42BBrCl2N6O10S2U. The van der Waals surface area contributed by atoms with Crippen molar-refractivity contribution >= 4 is 93.6 Å². The second-order valence-corrected chi connectivity index (χ2v) is 21.3. The number of rotatable bonds is 6. The maximum atomic E-state index is 12.4. The number of aromatic amines is 4. The van der Waals surface area contributed by atoms with Crippen molar-refractivity contribution in [2.24, 2.45) is 10.3 Å². The Bertz CT molecular complexity index is 3700. The number of primary sulfonamides is 2. The van der Waals surface area contributed by atoms with E-state index in [-0.39, 0.29) is 42.3 Å². The number of nitrogens with one attached hydrogen (secondary N) is 4. The molecule has 1 saturated heterocycles. The van der Waals surface area contributed by atoms with E-state index in [1.165, 1.54) is 24.3 Å². The van der Waals surface area contributed by atoms with Crippen molar-refractivity contribution in [3.05, 3.63) is 178 Å². The third-order valence-corrected chi connectivity index (χ3v) is 14.2. The Kier molecular flexibility index (Phi) is 16.1. The van der Waals surface area contributed by atoms with Gasteiger partial charge in [-0.15, -0.1) is 0 Å². The summed E-state index contributed by atoms with van der Waals surface area (Å²) >= 11 is 15.2. The molecule has 0 spiro atoms. The van der Waals surface area contributed by atoms with E-state index in [2.05, 4.69) is 35.9 Å². The van der Waals surface area contributed by atoms with Gasteiger partial charge in [-0.2, -0.15) is 0 Å². The standard InChI is InChI=1S/C20H14ClN3O4S.C14H8BrClN2O2.C12H18BNO4S.U.H2/c21-14-5-1-11(2-6-14)13-9-16(12-3-7-15(8-4-12)29(22,27)28)18-17(10-13)19(25)24-20(26)23-18;15-11-6-8(7-1-3-9(16)4-2-7)5-10-12(11)17-14(20)18-13(10)19;1-11(2)12(3,4)18-13(17-11)9-5-7-10(8-6-9)19(14,15)16;;/h1-10H,(H2,22,27,28)(H2,23,24,25,26);1-6H,(H2,17,18,19,20);5-8H,1-4H3,(H2,14,15,16);;1H/i;;;;1+1. The van der Waals surface area contributed by atoms with Crippen molar-refractivity contribution in [3.8, 4) is 33.4 Å². The molecule has 1 fully saturated rings. The molecule has 2 aromatic heterocycles. The topological polar surface area (TPSA) is 270 Å². The van der Waals surface area contributed by atoms with Crippen LogP contribution in [0.1, 0.15) is 29.1 Å². The van der Waals surface area contributed by atoms with Gasteiger partial charge in [0.25, 0.3) is 11.1 Å². The average Bonchev–Trinajstić information content (AvgIpc) is 3.49. The average molecular weight is 1300 g/mol.